The zero-order chi connectivity index (χ0) is 16.3. The van der Waals surface area contributed by atoms with Crippen molar-refractivity contribution in [2.24, 2.45) is 0 Å². The third kappa shape index (κ3) is 6.39. The average molecular weight is 342 g/mol. The van der Waals surface area contributed by atoms with Crippen LogP contribution in [0.5, 0.6) is 0 Å². The predicted molar refractivity (Wildman–Crippen MR) is 97.5 cm³/mol. The number of carbonyl (C=O) groups excluding carboxylic acids is 1. The van der Waals surface area contributed by atoms with E-state index in [4.69, 9.17) is 5.26 Å². The molecule has 2 rings (SSSR count). The molecule has 0 radical (unpaired) electrons. The molecule has 0 saturated heterocycles. The summed E-state index contributed by atoms with van der Waals surface area (Å²) < 4.78 is 0. The van der Waals surface area contributed by atoms with Crippen molar-refractivity contribution in [3.63, 3.8) is 0 Å². The van der Waals surface area contributed by atoms with Gasteiger partial charge < -0.3 is 5.32 Å². The molecule has 2 aromatic carbocycles. The Morgan fingerprint density at radius 2 is 1.83 bits per heavy atom. The van der Waals surface area contributed by atoms with Crippen molar-refractivity contribution in [1.82, 2.24) is 5.32 Å². The van der Waals surface area contributed by atoms with E-state index in [0.29, 0.717) is 12.3 Å². The highest BCUT2D eigenvalue weighted by Crippen LogP contribution is 2.17. The van der Waals surface area contributed by atoms with Gasteiger partial charge >= 0.3 is 0 Å². The normalized spacial score (nSPS) is 10.0. The number of amides is 1. The van der Waals surface area contributed by atoms with Crippen molar-refractivity contribution in [2.75, 3.05) is 18.1 Å². The summed E-state index contributed by atoms with van der Waals surface area (Å²) in [5.74, 6) is 2.11. The van der Waals surface area contributed by atoms with E-state index in [9.17, 15) is 4.79 Å². The summed E-state index contributed by atoms with van der Waals surface area (Å²) in [4.78, 5) is 12.9. The van der Waals surface area contributed by atoms with E-state index in [1.54, 1.807) is 11.8 Å². The molecular formula is C18H18N2OS2. The van der Waals surface area contributed by atoms with Crippen LogP contribution in [0.2, 0.25) is 0 Å². The third-order valence-electron chi connectivity index (χ3n) is 3.08. The first kappa shape index (κ1) is 17.5. The summed E-state index contributed by atoms with van der Waals surface area (Å²) in [7, 11) is 0. The molecule has 5 heteroatoms. The highest BCUT2D eigenvalue weighted by atomic mass is 32.2. The Morgan fingerprint density at radius 3 is 2.61 bits per heavy atom. The number of hydrogen-bond acceptors (Lipinski definition) is 4. The largest absolute Gasteiger partial charge is 0.355 e. The molecule has 0 aliphatic carbocycles. The molecule has 1 amide bonds. The maximum atomic E-state index is 11.8. The lowest BCUT2D eigenvalue weighted by molar-refractivity contribution is -0.118. The minimum Gasteiger partial charge on any atom is -0.355 e. The molecule has 23 heavy (non-hydrogen) atoms. The van der Waals surface area contributed by atoms with Crippen molar-refractivity contribution >= 4 is 29.4 Å². The van der Waals surface area contributed by atoms with Gasteiger partial charge in [0.25, 0.3) is 0 Å². The van der Waals surface area contributed by atoms with Crippen LogP contribution in [0.15, 0.2) is 59.5 Å². The van der Waals surface area contributed by atoms with Gasteiger partial charge in [0.15, 0.2) is 0 Å². The fourth-order valence-electron chi connectivity index (χ4n) is 1.92. The number of rotatable bonds is 8. The van der Waals surface area contributed by atoms with Crippen molar-refractivity contribution in [3.05, 3.63) is 65.7 Å². The maximum Gasteiger partial charge on any atom is 0.230 e. The summed E-state index contributed by atoms with van der Waals surface area (Å²) in [5, 5.41) is 12.0. The van der Waals surface area contributed by atoms with Crippen molar-refractivity contribution < 1.29 is 4.79 Å². The molecule has 0 bridgehead atoms. The first-order chi connectivity index (χ1) is 11.3. The molecule has 0 aliphatic rings. The molecule has 0 saturated carbocycles. The van der Waals surface area contributed by atoms with Crippen LogP contribution in [0, 0.1) is 11.3 Å². The lowest BCUT2D eigenvalue weighted by Gasteiger charge is -2.06. The molecule has 0 fully saturated rings. The highest BCUT2D eigenvalue weighted by molar-refractivity contribution is 8.00. The van der Waals surface area contributed by atoms with E-state index in [0.717, 1.165) is 27.5 Å². The van der Waals surface area contributed by atoms with Gasteiger partial charge in [0.2, 0.25) is 5.91 Å². The minimum absolute atomic E-state index is 0.0527. The number of hydrogen-bond donors (Lipinski definition) is 1. The van der Waals surface area contributed by atoms with Crippen molar-refractivity contribution in [1.29, 1.82) is 5.26 Å². The Balaban J connectivity index is 1.60. The monoisotopic (exact) mass is 342 g/mol. The van der Waals surface area contributed by atoms with Crippen LogP contribution in [0.4, 0.5) is 0 Å². The van der Waals surface area contributed by atoms with E-state index in [-0.39, 0.29) is 5.91 Å². The summed E-state index contributed by atoms with van der Waals surface area (Å²) >= 11 is 3.26. The highest BCUT2D eigenvalue weighted by Gasteiger charge is 2.03. The molecule has 2 aromatic rings. The van der Waals surface area contributed by atoms with Gasteiger partial charge in [-0.2, -0.15) is 17.0 Å². The van der Waals surface area contributed by atoms with Gasteiger partial charge in [-0.25, -0.2) is 0 Å². The fourth-order valence-corrected chi connectivity index (χ4v) is 3.53. The van der Waals surface area contributed by atoms with E-state index in [1.165, 1.54) is 11.8 Å². The molecule has 0 atom stereocenters. The molecule has 118 valence electrons. The molecule has 1 N–H and O–H groups in total. The van der Waals surface area contributed by atoms with Crippen LogP contribution in [-0.2, 0) is 10.5 Å². The second-order valence-corrected chi connectivity index (χ2v) is 6.93. The topological polar surface area (TPSA) is 52.9 Å². The van der Waals surface area contributed by atoms with Crippen LogP contribution in [0.3, 0.4) is 0 Å². The van der Waals surface area contributed by atoms with Gasteiger partial charge in [-0.1, -0.05) is 36.4 Å². The van der Waals surface area contributed by atoms with Crippen LogP contribution in [0.25, 0.3) is 0 Å². The Labute approximate surface area is 145 Å². The molecule has 0 unspecified atom stereocenters. The quantitative estimate of drug-likeness (QED) is 0.587. The van der Waals surface area contributed by atoms with Crippen LogP contribution in [-0.4, -0.2) is 24.0 Å². The standard InChI is InChI=1S/C18H18N2OS2/c19-12-15-6-4-5-7-16(15)13-22-11-10-20-18(21)14-23-17-8-2-1-3-9-17/h1-9H,10-11,13-14H2,(H,20,21). The number of nitrogens with zero attached hydrogens (tertiary/aromatic N) is 1. The molecule has 0 heterocycles. The summed E-state index contributed by atoms with van der Waals surface area (Å²) in [5.41, 5.74) is 1.77. The lowest BCUT2D eigenvalue weighted by atomic mass is 10.1. The molecule has 0 aliphatic heterocycles. The number of nitrogens with one attached hydrogen (secondary N) is 1. The second-order valence-electron chi connectivity index (χ2n) is 4.77. The number of carbonyl (C=O) groups is 1. The van der Waals surface area contributed by atoms with Gasteiger partial charge in [0.1, 0.15) is 0 Å². The van der Waals surface area contributed by atoms with E-state index in [2.05, 4.69) is 11.4 Å². The Hall–Kier alpha value is -1.90. The predicted octanol–water partition coefficient (Wildman–Crippen LogP) is 3.70. The first-order valence-electron chi connectivity index (χ1n) is 7.30. The number of nitriles is 1. The molecule has 0 aromatic heterocycles. The van der Waals surface area contributed by atoms with Gasteiger partial charge in [0.05, 0.1) is 17.4 Å². The molecular weight excluding hydrogens is 324 g/mol. The van der Waals surface area contributed by atoms with E-state index in [1.807, 2.05) is 54.6 Å². The Morgan fingerprint density at radius 1 is 1.09 bits per heavy atom. The Bertz CT molecular complexity index is 668. The zero-order valence-electron chi connectivity index (χ0n) is 12.7. The van der Waals surface area contributed by atoms with Crippen molar-refractivity contribution in [3.8, 4) is 6.07 Å². The summed E-state index contributed by atoms with van der Waals surface area (Å²) in [6.07, 6.45) is 0. The second kappa shape index (κ2) is 9.98. The maximum absolute atomic E-state index is 11.8. The average Bonchev–Trinajstić information content (AvgIpc) is 2.61. The fraction of sp³-hybridized carbons (Fsp3) is 0.222. The van der Waals surface area contributed by atoms with E-state index < -0.39 is 0 Å². The molecule has 3 nitrogen and oxygen atoms in total. The SMILES string of the molecule is N#Cc1ccccc1CSCCNC(=O)CSc1ccccc1. The number of benzene rings is 2. The van der Waals surface area contributed by atoms with Crippen molar-refractivity contribution in [2.45, 2.75) is 10.6 Å². The summed E-state index contributed by atoms with van der Waals surface area (Å²) in [6, 6.07) is 19.7. The minimum atomic E-state index is 0.0527. The first-order valence-corrected chi connectivity index (χ1v) is 9.44. The van der Waals surface area contributed by atoms with Crippen LogP contribution >= 0.6 is 23.5 Å². The molecule has 0 spiro atoms. The van der Waals surface area contributed by atoms with Crippen LogP contribution < -0.4 is 5.32 Å². The zero-order valence-corrected chi connectivity index (χ0v) is 14.3. The smallest absolute Gasteiger partial charge is 0.230 e. The number of thioether (sulfide) groups is 2. The van der Waals surface area contributed by atoms with Gasteiger partial charge in [-0.3, -0.25) is 4.79 Å². The summed E-state index contributed by atoms with van der Waals surface area (Å²) in [6.45, 7) is 0.646. The third-order valence-corrected chi connectivity index (χ3v) is 5.10. The van der Waals surface area contributed by atoms with Gasteiger partial charge in [-0.05, 0) is 23.8 Å². The lowest BCUT2D eigenvalue weighted by Crippen LogP contribution is -2.27. The van der Waals surface area contributed by atoms with Gasteiger partial charge in [0, 0.05) is 22.9 Å². The Kier molecular flexibility index (Phi) is 7.58. The van der Waals surface area contributed by atoms with Crippen LogP contribution in [0.1, 0.15) is 11.1 Å². The van der Waals surface area contributed by atoms with Gasteiger partial charge in [-0.15, -0.1) is 11.8 Å². The van der Waals surface area contributed by atoms with E-state index >= 15 is 0 Å².